The largest absolute Gasteiger partial charge is 0.381 e. The Hall–Kier alpha value is -1.97. The predicted octanol–water partition coefficient (Wildman–Crippen LogP) is 4.96. The zero-order valence-electron chi connectivity index (χ0n) is 17.9. The summed E-state index contributed by atoms with van der Waals surface area (Å²) in [5.41, 5.74) is 2.90. The average molecular weight is 392 g/mol. The first-order valence-corrected chi connectivity index (χ1v) is 11.0. The fraction of sp³-hybridized carbons (Fsp3) is 0.500. The molecule has 1 aliphatic carbocycles. The van der Waals surface area contributed by atoms with E-state index >= 15 is 0 Å². The third-order valence-electron chi connectivity index (χ3n) is 7.28. The van der Waals surface area contributed by atoms with E-state index in [9.17, 15) is 4.79 Å². The van der Waals surface area contributed by atoms with Crippen LogP contribution in [-0.2, 0) is 11.2 Å². The Balaban J connectivity index is 1.55. The SMILES string of the molecule is CCC(Cc1ccccc1)(C(=O)c1ccc(C2C3CCOCCC32)cc1)N(C)C. The van der Waals surface area contributed by atoms with Gasteiger partial charge >= 0.3 is 0 Å². The quantitative estimate of drug-likeness (QED) is 0.625. The third kappa shape index (κ3) is 3.91. The number of carbonyl (C=O) groups is 1. The molecule has 0 bridgehead atoms. The first kappa shape index (κ1) is 20.3. The summed E-state index contributed by atoms with van der Waals surface area (Å²) in [6, 6.07) is 18.9. The van der Waals surface area contributed by atoms with Crippen LogP contribution in [0.15, 0.2) is 54.6 Å². The van der Waals surface area contributed by atoms with E-state index in [2.05, 4.69) is 48.2 Å². The highest BCUT2D eigenvalue weighted by molar-refractivity contribution is 6.03. The molecule has 29 heavy (non-hydrogen) atoms. The maximum atomic E-state index is 13.7. The van der Waals surface area contributed by atoms with Gasteiger partial charge in [-0.05, 0) is 68.7 Å². The topological polar surface area (TPSA) is 29.5 Å². The lowest BCUT2D eigenvalue weighted by Crippen LogP contribution is -2.52. The van der Waals surface area contributed by atoms with Gasteiger partial charge in [0.05, 0.1) is 5.54 Å². The van der Waals surface area contributed by atoms with Gasteiger partial charge in [0.25, 0.3) is 0 Å². The van der Waals surface area contributed by atoms with E-state index in [0.29, 0.717) is 5.92 Å². The van der Waals surface area contributed by atoms with Crippen LogP contribution >= 0.6 is 0 Å². The molecule has 154 valence electrons. The van der Waals surface area contributed by atoms with Crippen LogP contribution in [0.4, 0.5) is 0 Å². The second kappa shape index (κ2) is 8.41. The van der Waals surface area contributed by atoms with Crippen LogP contribution in [0.5, 0.6) is 0 Å². The number of ketones is 1. The van der Waals surface area contributed by atoms with E-state index in [1.54, 1.807) is 0 Å². The van der Waals surface area contributed by atoms with Crippen molar-refractivity contribution in [2.24, 2.45) is 11.8 Å². The van der Waals surface area contributed by atoms with Crippen LogP contribution < -0.4 is 0 Å². The highest BCUT2D eigenvalue weighted by atomic mass is 16.5. The van der Waals surface area contributed by atoms with Gasteiger partial charge in [0, 0.05) is 18.8 Å². The monoisotopic (exact) mass is 391 g/mol. The number of hydrogen-bond acceptors (Lipinski definition) is 3. The van der Waals surface area contributed by atoms with Gasteiger partial charge < -0.3 is 4.74 Å². The molecule has 2 fully saturated rings. The molecule has 0 aromatic heterocycles. The van der Waals surface area contributed by atoms with Crippen molar-refractivity contribution in [2.75, 3.05) is 27.3 Å². The summed E-state index contributed by atoms with van der Waals surface area (Å²) in [5.74, 6) is 2.43. The summed E-state index contributed by atoms with van der Waals surface area (Å²) in [7, 11) is 4.05. The molecule has 3 atom stereocenters. The Kier molecular flexibility index (Phi) is 5.89. The number of rotatable bonds is 7. The first-order valence-electron chi connectivity index (χ1n) is 11.0. The molecule has 0 N–H and O–H groups in total. The van der Waals surface area contributed by atoms with Gasteiger partial charge in [0.1, 0.15) is 0 Å². The summed E-state index contributed by atoms with van der Waals surface area (Å²) in [6.45, 7) is 3.92. The number of Topliss-reactive ketones (excluding diaryl/α,β-unsaturated/α-hetero) is 1. The summed E-state index contributed by atoms with van der Waals surface area (Å²) in [4.78, 5) is 15.8. The zero-order chi connectivity index (χ0) is 20.4. The summed E-state index contributed by atoms with van der Waals surface area (Å²) < 4.78 is 5.60. The number of nitrogens with zero attached hydrogens (tertiary/aromatic N) is 1. The minimum atomic E-state index is -0.522. The number of ether oxygens (including phenoxy) is 1. The molecule has 3 unspecified atom stereocenters. The summed E-state index contributed by atoms with van der Waals surface area (Å²) in [6.07, 6.45) is 3.85. The number of fused-ring (bicyclic) bond motifs is 1. The normalized spacial score (nSPS) is 25.7. The van der Waals surface area contributed by atoms with Crippen molar-refractivity contribution in [2.45, 2.75) is 44.1 Å². The lowest BCUT2D eigenvalue weighted by atomic mass is 9.80. The van der Waals surface area contributed by atoms with Gasteiger partial charge in [0.2, 0.25) is 0 Å². The number of hydrogen-bond donors (Lipinski definition) is 0. The second-order valence-electron chi connectivity index (χ2n) is 8.94. The molecule has 2 aliphatic rings. The smallest absolute Gasteiger partial charge is 0.183 e. The highest BCUT2D eigenvalue weighted by Gasteiger charge is 2.50. The Morgan fingerprint density at radius 3 is 2.17 bits per heavy atom. The maximum Gasteiger partial charge on any atom is 0.183 e. The molecule has 1 saturated carbocycles. The Bertz CT molecular complexity index is 818. The standard InChI is InChI=1S/C26H33NO2/c1-4-26(27(2)3,18-19-8-6-5-7-9-19)25(28)21-12-10-20(11-13-21)24-22-14-16-29-17-15-23(22)24/h5-13,22-24H,4,14-18H2,1-3H3. The molecule has 0 radical (unpaired) electrons. The van der Waals surface area contributed by atoms with Crippen molar-refractivity contribution in [3.05, 3.63) is 71.3 Å². The molecule has 2 aromatic rings. The molecule has 1 saturated heterocycles. The average Bonchev–Trinajstić information content (AvgIpc) is 3.48. The molecule has 3 heteroatoms. The molecule has 1 heterocycles. The zero-order valence-corrected chi connectivity index (χ0v) is 17.9. The number of carbonyl (C=O) groups excluding carboxylic acids is 1. The second-order valence-corrected chi connectivity index (χ2v) is 8.94. The van der Waals surface area contributed by atoms with E-state index in [4.69, 9.17) is 4.74 Å². The van der Waals surface area contributed by atoms with E-state index in [1.807, 2.05) is 32.3 Å². The molecule has 2 aromatic carbocycles. The van der Waals surface area contributed by atoms with Crippen molar-refractivity contribution in [1.82, 2.24) is 4.90 Å². The molecular formula is C26H33NO2. The van der Waals surface area contributed by atoms with Crippen molar-refractivity contribution in [1.29, 1.82) is 0 Å². The third-order valence-corrected chi connectivity index (χ3v) is 7.28. The van der Waals surface area contributed by atoms with Gasteiger partial charge in [0.15, 0.2) is 5.78 Å². The van der Waals surface area contributed by atoms with E-state index in [0.717, 1.165) is 43.5 Å². The molecular weight excluding hydrogens is 358 g/mol. The summed E-state index contributed by atoms with van der Waals surface area (Å²) in [5, 5.41) is 0. The molecule has 4 rings (SSSR count). The van der Waals surface area contributed by atoms with Crippen LogP contribution in [0.3, 0.4) is 0 Å². The summed E-state index contributed by atoms with van der Waals surface area (Å²) >= 11 is 0. The number of benzene rings is 2. The lowest BCUT2D eigenvalue weighted by Gasteiger charge is -2.38. The van der Waals surface area contributed by atoms with Crippen LogP contribution in [0.25, 0.3) is 0 Å². The van der Waals surface area contributed by atoms with Gasteiger partial charge in [-0.15, -0.1) is 0 Å². The predicted molar refractivity (Wildman–Crippen MR) is 117 cm³/mol. The Morgan fingerprint density at radius 1 is 1.00 bits per heavy atom. The van der Waals surface area contributed by atoms with Gasteiger partial charge in [-0.2, -0.15) is 0 Å². The van der Waals surface area contributed by atoms with Crippen molar-refractivity contribution in [3.63, 3.8) is 0 Å². The maximum absolute atomic E-state index is 13.7. The van der Waals surface area contributed by atoms with Crippen molar-refractivity contribution < 1.29 is 9.53 Å². The van der Waals surface area contributed by atoms with Gasteiger partial charge in [-0.3, -0.25) is 9.69 Å². The van der Waals surface area contributed by atoms with Crippen LogP contribution in [0, 0.1) is 11.8 Å². The van der Waals surface area contributed by atoms with Crippen molar-refractivity contribution in [3.8, 4) is 0 Å². The van der Waals surface area contributed by atoms with Gasteiger partial charge in [-0.25, -0.2) is 0 Å². The molecule has 1 aliphatic heterocycles. The Labute approximate surface area is 175 Å². The van der Waals surface area contributed by atoms with E-state index in [-0.39, 0.29) is 5.78 Å². The van der Waals surface area contributed by atoms with E-state index < -0.39 is 5.54 Å². The molecule has 0 amide bonds. The minimum Gasteiger partial charge on any atom is -0.381 e. The highest BCUT2D eigenvalue weighted by Crippen LogP contribution is 2.58. The fourth-order valence-corrected chi connectivity index (χ4v) is 5.37. The van der Waals surface area contributed by atoms with Crippen LogP contribution in [-0.4, -0.2) is 43.5 Å². The fourth-order valence-electron chi connectivity index (χ4n) is 5.37. The van der Waals surface area contributed by atoms with Crippen LogP contribution in [0.2, 0.25) is 0 Å². The molecule has 0 spiro atoms. The first-order chi connectivity index (χ1) is 14.1. The van der Waals surface area contributed by atoms with Crippen molar-refractivity contribution >= 4 is 5.78 Å². The van der Waals surface area contributed by atoms with Gasteiger partial charge in [-0.1, -0.05) is 61.5 Å². The Morgan fingerprint density at radius 2 is 1.62 bits per heavy atom. The number of likely N-dealkylation sites (N-methyl/N-ethyl adjacent to an activating group) is 1. The van der Waals surface area contributed by atoms with Crippen LogP contribution in [0.1, 0.15) is 53.6 Å². The van der Waals surface area contributed by atoms with E-state index in [1.165, 1.54) is 24.0 Å². The minimum absolute atomic E-state index is 0.221. The lowest BCUT2D eigenvalue weighted by molar-refractivity contribution is 0.0666. The molecule has 3 nitrogen and oxygen atoms in total.